The van der Waals surface area contributed by atoms with Crippen molar-refractivity contribution in [2.24, 2.45) is 5.73 Å². The fraction of sp³-hybridized carbons (Fsp3) is 0.484. The molecular weight excluding hydrogens is 594 g/mol. The van der Waals surface area contributed by atoms with E-state index < -0.39 is 89.1 Å². The number of hydrogen-bond donors (Lipinski definition) is 5. The first kappa shape index (κ1) is 32.1. The highest BCUT2D eigenvalue weighted by Crippen LogP contribution is 2.52. The van der Waals surface area contributed by atoms with Gasteiger partial charge in [0.15, 0.2) is 23.0 Å². The maximum Gasteiger partial charge on any atom is 0.202 e. The topological polar surface area (TPSA) is 203 Å². The molecule has 6 N–H and O–H groups in total. The van der Waals surface area contributed by atoms with Crippen molar-refractivity contribution in [3.8, 4) is 17.2 Å². The molecule has 4 unspecified atom stereocenters. The molecule has 1 heterocycles. The van der Waals surface area contributed by atoms with Crippen LogP contribution < -0.4 is 10.5 Å². The zero-order valence-corrected chi connectivity index (χ0v) is 25.3. The molecule has 1 fully saturated rings. The van der Waals surface area contributed by atoms with Crippen LogP contribution in [0.3, 0.4) is 0 Å². The SMILES string of the molecule is CCCC(=O)SCC(=O)[C@]1(O)Cc2c(O)c3c(c(O)c2[C@@H](OC2CC(N)C(O)C(C)O2)C1)C(=O)c1c(OC)cccc1C3=O. The number of phenolic OH excluding ortho intramolecular Hbond substituents is 2. The number of fused-ring (bicyclic) bond motifs is 3. The van der Waals surface area contributed by atoms with Gasteiger partial charge in [-0.15, -0.1) is 0 Å². The Hall–Kier alpha value is -3.33. The number of methoxy groups -OCH3 is 1. The number of carbonyl (C=O) groups excluding carboxylic acids is 4. The van der Waals surface area contributed by atoms with Gasteiger partial charge in [0, 0.05) is 48.4 Å². The monoisotopic (exact) mass is 629 g/mol. The second-order valence-corrected chi connectivity index (χ2v) is 12.4. The zero-order chi connectivity index (χ0) is 32.1. The standard InChI is InChI=1S/C31H35NO11S/c1-4-6-20(34)44-12-19(33)31(40)10-15-23(18(11-31)43-21-9-16(32)26(35)13(2)42-21)30(39)25-24(28(15)37)27(36)14-7-5-8-17(41-3)22(14)29(25)38/h5,7-8,13,16,18,21,26,35,37,39-40H,4,6,9-12,32H2,1-3H3/t13?,16?,18-,21?,26?,31-/m0/s1. The van der Waals surface area contributed by atoms with Crippen molar-refractivity contribution in [1.29, 1.82) is 0 Å². The predicted octanol–water partition coefficient (Wildman–Crippen LogP) is 2.07. The molecule has 5 rings (SSSR count). The molecule has 0 aromatic heterocycles. The number of phenols is 2. The Balaban J connectivity index is 1.62. The van der Waals surface area contributed by atoms with Crippen molar-refractivity contribution in [3.05, 3.63) is 51.6 Å². The largest absolute Gasteiger partial charge is 0.507 e. The number of aliphatic hydroxyl groups excluding tert-OH is 1. The van der Waals surface area contributed by atoms with Crippen LogP contribution in [0.2, 0.25) is 0 Å². The Kier molecular flexibility index (Phi) is 8.91. The average Bonchev–Trinajstić information content (AvgIpc) is 2.98. The van der Waals surface area contributed by atoms with E-state index in [0.717, 1.165) is 11.8 Å². The molecule has 2 aromatic carbocycles. The number of carbonyl (C=O) groups is 4. The summed E-state index contributed by atoms with van der Waals surface area (Å²) in [5.41, 5.74) is 2.59. The molecule has 13 heteroatoms. The Bertz CT molecular complexity index is 1530. The summed E-state index contributed by atoms with van der Waals surface area (Å²) < 4.78 is 17.2. The average molecular weight is 630 g/mol. The number of ketones is 3. The third kappa shape index (κ3) is 5.41. The molecule has 12 nitrogen and oxygen atoms in total. The maximum absolute atomic E-state index is 13.8. The lowest BCUT2D eigenvalue weighted by molar-refractivity contribution is -0.247. The first-order valence-electron chi connectivity index (χ1n) is 14.4. The number of ether oxygens (including phenoxy) is 3. The number of hydrogen-bond acceptors (Lipinski definition) is 13. The molecule has 0 saturated carbocycles. The van der Waals surface area contributed by atoms with Gasteiger partial charge in [0.1, 0.15) is 22.8 Å². The number of nitrogens with two attached hydrogens (primary N) is 1. The van der Waals surface area contributed by atoms with Crippen molar-refractivity contribution < 1.29 is 53.8 Å². The first-order valence-corrected chi connectivity index (χ1v) is 15.3. The second kappa shape index (κ2) is 12.2. The van der Waals surface area contributed by atoms with Crippen molar-refractivity contribution in [2.45, 2.75) is 82.2 Å². The van der Waals surface area contributed by atoms with Gasteiger partial charge >= 0.3 is 0 Å². The Morgan fingerprint density at radius 1 is 1.14 bits per heavy atom. The van der Waals surface area contributed by atoms with Gasteiger partial charge < -0.3 is 40.4 Å². The quantitative estimate of drug-likeness (QED) is 0.227. The minimum absolute atomic E-state index is 0.0186. The van der Waals surface area contributed by atoms with E-state index in [1.54, 1.807) is 6.92 Å². The van der Waals surface area contributed by atoms with Crippen molar-refractivity contribution >= 4 is 34.2 Å². The molecule has 1 saturated heterocycles. The highest BCUT2D eigenvalue weighted by Gasteiger charge is 2.50. The second-order valence-electron chi connectivity index (χ2n) is 11.4. The third-order valence-electron chi connectivity index (χ3n) is 8.48. The van der Waals surface area contributed by atoms with Crippen LogP contribution in [0.4, 0.5) is 0 Å². The summed E-state index contributed by atoms with van der Waals surface area (Å²) in [6, 6.07) is 3.66. The molecule has 0 radical (unpaired) electrons. The van der Waals surface area contributed by atoms with Crippen LogP contribution in [0, 0.1) is 0 Å². The Labute approximate surface area is 257 Å². The minimum atomic E-state index is -2.18. The minimum Gasteiger partial charge on any atom is -0.507 e. The van der Waals surface area contributed by atoms with E-state index in [1.165, 1.54) is 25.3 Å². The lowest BCUT2D eigenvalue weighted by Crippen LogP contribution is -2.53. The molecule has 2 aliphatic carbocycles. The van der Waals surface area contributed by atoms with Gasteiger partial charge in [-0.2, -0.15) is 0 Å². The van der Waals surface area contributed by atoms with Crippen LogP contribution in [-0.4, -0.2) is 85.9 Å². The number of aliphatic hydroxyl groups is 2. The smallest absolute Gasteiger partial charge is 0.202 e. The summed E-state index contributed by atoms with van der Waals surface area (Å²) in [5, 5.41) is 44.9. The van der Waals surface area contributed by atoms with Gasteiger partial charge in [0.25, 0.3) is 0 Å². The first-order chi connectivity index (χ1) is 20.8. The van der Waals surface area contributed by atoms with Crippen LogP contribution >= 0.6 is 11.8 Å². The maximum atomic E-state index is 13.8. The van der Waals surface area contributed by atoms with Crippen molar-refractivity contribution in [2.75, 3.05) is 12.9 Å². The molecule has 1 aliphatic heterocycles. The van der Waals surface area contributed by atoms with E-state index >= 15 is 0 Å². The lowest BCUT2D eigenvalue weighted by Gasteiger charge is -2.42. The van der Waals surface area contributed by atoms with Gasteiger partial charge in [0.05, 0.1) is 47.9 Å². The summed E-state index contributed by atoms with van der Waals surface area (Å²) in [5.74, 6) is -3.83. The summed E-state index contributed by atoms with van der Waals surface area (Å²) in [6.07, 6.45) is -4.21. The zero-order valence-electron chi connectivity index (χ0n) is 24.5. The number of rotatable bonds is 8. The van der Waals surface area contributed by atoms with Gasteiger partial charge in [-0.05, 0) is 19.4 Å². The highest BCUT2D eigenvalue weighted by molar-refractivity contribution is 8.14. The van der Waals surface area contributed by atoms with E-state index in [2.05, 4.69) is 0 Å². The van der Waals surface area contributed by atoms with E-state index in [-0.39, 0.29) is 51.7 Å². The summed E-state index contributed by atoms with van der Waals surface area (Å²) in [4.78, 5) is 53.0. The predicted molar refractivity (Wildman–Crippen MR) is 157 cm³/mol. The van der Waals surface area contributed by atoms with Crippen LogP contribution in [0.15, 0.2) is 18.2 Å². The number of Topliss-reactive ketones (excluding diaryl/α,β-unsaturated/α-hetero) is 1. The van der Waals surface area contributed by atoms with E-state index in [9.17, 15) is 39.6 Å². The number of benzene rings is 2. The van der Waals surface area contributed by atoms with Gasteiger partial charge in [0.2, 0.25) is 5.78 Å². The Morgan fingerprint density at radius 2 is 1.84 bits per heavy atom. The van der Waals surface area contributed by atoms with Gasteiger partial charge in [-0.3, -0.25) is 19.2 Å². The molecule has 0 bridgehead atoms. The van der Waals surface area contributed by atoms with E-state index in [0.29, 0.717) is 6.42 Å². The molecular formula is C31H35NO11S. The molecule has 2 aromatic rings. The molecule has 236 valence electrons. The number of aromatic hydroxyl groups is 2. The molecule has 44 heavy (non-hydrogen) atoms. The molecule has 0 spiro atoms. The molecule has 6 atom stereocenters. The van der Waals surface area contributed by atoms with Crippen molar-refractivity contribution in [3.63, 3.8) is 0 Å². The molecule has 0 amide bonds. The van der Waals surface area contributed by atoms with Crippen LogP contribution in [0.1, 0.15) is 88.6 Å². The normalized spacial score (nSPS) is 27.7. The number of thioether (sulfide) groups is 1. The van der Waals surface area contributed by atoms with Gasteiger partial charge in [-0.1, -0.05) is 30.8 Å². The van der Waals surface area contributed by atoms with Crippen LogP contribution in [-0.2, 0) is 25.5 Å². The van der Waals surface area contributed by atoms with E-state index in [1.807, 2.05) is 6.92 Å². The third-order valence-corrected chi connectivity index (χ3v) is 9.41. The van der Waals surface area contributed by atoms with Crippen molar-refractivity contribution in [1.82, 2.24) is 0 Å². The summed E-state index contributed by atoms with van der Waals surface area (Å²) >= 11 is 0.766. The van der Waals surface area contributed by atoms with Crippen LogP contribution in [0.5, 0.6) is 17.2 Å². The highest BCUT2D eigenvalue weighted by atomic mass is 32.2. The van der Waals surface area contributed by atoms with E-state index in [4.69, 9.17) is 19.9 Å². The fourth-order valence-electron chi connectivity index (χ4n) is 6.16. The van der Waals surface area contributed by atoms with Crippen LogP contribution in [0.25, 0.3) is 0 Å². The summed E-state index contributed by atoms with van der Waals surface area (Å²) in [6.45, 7) is 3.41. The van der Waals surface area contributed by atoms with Gasteiger partial charge in [-0.25, -0.2) is 0 Å². The summed E-state index contributed by atoms with van der Waals surface area (Å²) in [7, 11) is 1.33. The molecule has 3 aliphatic rings. The fourth-order valence-corrected chi connectivity index (χ4v) is 7.07. The lowest BCUT2D eigenvalue weighted by atomic mass is 9.72. The Morgan fingerprint density at radius 3 is 2.50 bits per heavy atom.